The molecular formula is C16H25N3OS. The van der Waals surface area contributed by atoms with Crippen molar-refractivity contribution in [2.75, 3.05) is 19.6 Å². The maximum absolute atomic E-state index is 12.1. The Balaban J connectivity index is 1.40. The highest BCUT2D eigenvalue weighted by atomic mass is 32.1. The lowest BCUT2D eigenvalue weighted by molar-refractivity contribution is -0.130. The molecule has 0 bridgehead atoms. The van der Waals surface area contributed by atoms with Crippen molar-refractivity contribution in [3.8, 4) is 0 Å². The Bertz CT molecular complexity index is 484. The van der Waals surface area contributed by atoms with E-state index in [-0.39, 0.29) is 0 Å². The minimum absolute atomic E-state index is 0.363. The highest BCUT2D eigenvalue weighted by Gasteiger charge is 2.28. The lowest BCUT2D eigenvalue weighted by Crippen LogP contribution is -2.34. The lowest BCUT2D eigenvalue weighted by Gasteiger charge is -2.20. The van der Waals surface area contributed by atoms with Crippen LogP contribution in [0.5, 0.6) is 0 Å². The number of likely N-dealkylation sites (tertiary alicyclic amines) is 1. The largest absolute Gasteiger partial charge is 0.342 e. The molecule has 0 spiro atoms. The summed E-state index contributed by atoms with van der Waals surface area (Å²) in [6, 6.07) is 0.485. The molecule has 0 radical (unpaired) electrons. The van der Waals surface area contributed by atoms with Gasteiger partial charge in [0.1, 0.15) is 0 Å². The second-order valence-corrected chi connectivity index (χ2v) is 7.34. The lowest BCUT2D eigenvalue weighted by atomic mass is 10.1. The SMILES string of the molecule is Cc1csc(CCNC2CCC(=O)N(CC3CC3)CC2)n1. The first kappa shape index (κ1) is 15.0. The van der Waals surface area contributed by atoms with Crippen LogP contribution in [0, 0.1) is 12.8 Å². The Kier molecular flexibility index (Phi) is 4.91. The molecule has 1 N–H and O–H groups in total. The first-order valence-electron chi connectivity index (χ1n) is 8.13. The number of carbonyl (C=O) groups is 1. The van der Waals surface area contributed by atoms with Gasteiger partial charge in [0, 0.05) is 49.6 Å². The Labute approximate surface area is 130 Å². The van der Waals surface area contributed by atoms with Crippen molar-refractivity contribution in [1.82, 2.24) is 15.2 Å². The summed E-state index contributed by atoms with van der Waals surface area (Å²) in [5, 5.41) is 6.93. The van der Waals surface area contributed by atoms with Crippen LogP contribution in [-0.2, 0) is 11.2 Å². The Morgan fingerprint density at radius 1 is 1.38 bits per heavy atom. The molecule has 2 heterocycles. The monoisotopic (exact) mass is 307 g/mol. The fourth-order valence-corrected chi connectivity index (χ4v) is 3.72. The molecule has 1 aliphatic carbocycles. The molecule has 1 aromatic rings. The summed E-state index contributed by atoms with van der Waals surface area (Å²) in [5.74, 6) is 1.16. The van der Waals surface area contributed by atoms with Gasteiger partial charge < -0.3 is 10.2 Å². The van der Waals surface area contributed by atoms with Gasteiger partial charge in [-0.3, -0.25) is 4.79 Å². The number of hydrogen-bond donors (Lipinski definition) is 1. The van der Waals surface area contributed by atoms with Gasteiger partial charge in [0.2, 0.25) is 5.91 Å². The topological polar surface area (TPSA) is 45.2 Å². The molecule has 5 heteroatoms. The van der Waals surface area contributed by atoms with Gasteiger partial charge in [-0.2, -0.15) is 0 Å². The smallest absolute Gasteiger partial charge is 0.222 e. The maximum Gasteiger partial charge on any atom is 0.222 e. The van der Waals surface area contributed by atoms with E-state index in [1.807, 2.05) is 6.92 Å². The number of nitrogens with one attached hydrogen (secondary N) is 1. The Hall–Kier alpha value is -0.940. The predicted molar refractivity (Wildman–Crippen MR) is 85.5 cm³/mol. The normalized spacial score (nSPS) is 23.4. The van der Waals surface area contributed by atoms with Crippen molar-refractivity contribution < 1.29 is 4.79 Å². The van der Waals surface area contributed by atoms with Crippen molar-refractivity contribution in [2.24, 2.45) is 5.92 Å². The Morgan fingerprint density at radius 2 is 2.24 bits per heavy atom. The number of aryl methyl sites for hydroxylation is 1. The summed E-state index contributed by atoms with van der Waals surface area (Å²) in [4.78, 5) is 18.7. The van der Waals surface area contributed by atoms with Gasteiger partial charge in [-0.05, 0) is 38.5 Å². The summed E-state index contributed by atoms with van der Waals surface area (Å²) >= 11 is 1.74. The molecule has 4 nitrogen and oxygen atoms in total. The zero-order valence-electron chi connectivity index (χ0n) is 12.8. The molecule has 3 rings (SSSR count). The average molecular weight is 307 g/mol. The van der Waals surface area contributed by atoms with Gasteiger partial charge in [-0.25, -0.2) is 4.98 Å². The van der Waals surface area contributed by atoms with Crippen molar-refractivity contribution in [3.05, 3.63) is 16.1 Å². The molecule has 1 aliphatic heterocycles. The summed E-state index contributed by atoms with van der Waals surface area (Å²) in [6.45, 7) is 4.94. The van der Waals surface area contributed by atoms with E-state index in [4.69, 9.17) is 0 Å². The van der Waals surface area contributed by atoms with E-state index < -0.39 is 0 Å². The molecule has 0 aromatic carbocycles. The molecule has 1 aromatic heterocycles. The maximum atomic E-state index is 12.1. The first-order chi connectivity index (χ1) is 10.2. The molecule has 1 atom stereocenters. The molecular weight excluding hydrogens is 282 g/mol. The van der Waals surface area contributed by atoms with E-state index >= 15 is 0 Å². The van der Waals surface area contributed by atoms with Crippen LogP contribution in [-0.4, -0.2) is 41.5 Å². The van der Waals surface area contributed by atoms with Crippen LogP contribution in [0.3, 0.4) is 0 Å². The molecule has 21 heavy (non-hydrogen) atoms. The van der Waals surface area contributed by atoms with Gasteiger partial charge in [-0.15, -0.1) is 11.3 Å². The predicted octanol–water partition coefficient (Wildman–Crippen LogP) is 2.37. The minimum Gasteiger partial charge on any atom is -0.342 e. The van der Waals surface area contributed by atoms with E-state index in [9.17, 15) is 4.79 Å². The molecule has 1 saturated heterocycles. The molecule has 2 fully saturated rings. The van der Waals surface area contributed by atoms with Crippen molar-refractivity contribution in [2.45, 2.75) is 51.5 Å². The molecule has 116 valence electrons. The molecule has 2 aliphatic rings. The van der Waals surface area contributed by atoms with Crippen LogP contribution in [0.25, 0.3) is 0 Å². The molecule has 1 amide bonds. The third kappa shape index (κ3) is 4.51. The number of aromatic nitrogens is 1. The summed E-state index contributed by atoms with van der Waals surface area (Å²) < 4.78 is 0. The summed E-state index contributed by atoms with van der Waals surface area (Å²) in [7, 11) is 0. The standard InChI is InChI=1S/C16H25N3OS/c1-12-11-21-15(18-12)6-8-17-14-4-5-16(20)19(9-7-14)10-13-2-3-13/h11,13-14,17H,2-10H2,1H3. The quantitative estimate of drug-likeness (QED) is 0.877. The van der Waals surface area contributed by atoms with E-state index in [0.717, 1.165) is 50.5 Å². The van der Waals surface area contributed by atoms with E-state index in [2.05, 4.69) is 20.6 Å². The van der Waals surface area contributed by atoms with Gasteiger partial charge in [0.05, 0.1) is 5.01 Å². The van der Waals surface area contributed by atoms with Crippen LogP contribution in [0.2, 0.25) is 0 Å². The van der Waals surface area contributed by atoms with Crippen LogP contribution in [0.15, 0.2) is 5.38 Å². The van der Waals surface area contributed by atoms with Crippen LogP contribution in [0.1, 0.15) is 42.8 Å². The fraction of sp³-hybridized carbons (Fsp3) is 0.750. The zero-order chi connectivity index (χ0) is 14.7. The summed E-state index contributed by atoms with van der Waals surface area (Å²) in [6.07, 6.45) is 6.42. The second kappa shape index (κ2) is 6.88. The highest BCUT2D eigenvalue weighted by molar-refractivity contribution is 7.09. The number of thiazole rings is 1. The van der Waals surface area contributed by atoms with E-state index in [1.165, 1.54) is 17.8 Å². The summed E-state index contributed by atoms with van der Waals surface area (Å²) in [5.41, 5.74) is 1.12. The number of nitrogens with zero attached hydrogens (tertiary/aromatic N) is 2. The minimum atomic E-state index is 0.363. The third-order valence-electron chi connectivity index (χ3n) is 4.42. The number of hydrogen-bond acceptors (Lipinski definition) is 4. The van der Waals surface area contributed by atoms with E-state index in [0.29, 0.717) is 18.4 Å². The van der Waals surface area contributed by atoms with Crippen LogP contribution >= 0.6 is 11.3 Å². The Morgan fingerprint density at radius 3 is 2.95 bits per heavy atom. The van der Waals surface area contributed by atoms with Crippen molar-refractivity contribution >= 4 is 17.2 Å². The number of carbonyl (C=O) groups excluding carboxylic acids is 1. The second-order valence-electron chi connectivity index (χ2n) is 6.39. The molecule has 1 unspecified atom stereocenters. The van der Waals surface area contributed by atoms with Gasteiger partial charge in [0.25, 0.3) is 0 Å². The van der Waals surface area contributed by atoms with Gasteiger partial charge in [0.15, 0.2) is 0 Å². The number of rotatable bonds is 6. The zero-order valence-corrected chi connectivity index (χ0v) is 13.6. The fourth-order valence-electron chi connectivity index (χ4n) is 2.95. The molecule has 1 saturated carbocycles. The highest BCUT2D eigenvalue weighted by Crippen LogP contribution is 2.30. The third-order valence-corrected chi connectivity index (χ3v) is 5.45. The van der Waals surface area contributed by atoms with E-state index in [1.54, 1.807) is 11.3 Å². The van der Waals surface area contributed by atoms with Crippen LogP contribution in [0.4, 0.5) is 0 Å². The van der Waals surface area contributed by atoms with Gasteiger partial charge in [-0.1, -0.05) is 0 Å². The van der Waals surface area contributed by atoms with Crippen LogP contribution < -0.4 is 5.32 Å². The van der Waals surface area contributed by atoms with Gasteiger partial charge >= 0.3 is 0 Å². The number of amides is 1. The average Bonchev–Trinajstić information content (AvgIpc) is 3.22. The first-order valence-corrected chi connectivity index (χ1v) is 9.01. The van der Waals surface area contributed by atoms with Crippen molar-refractivity contribution in [1.29, 1.82) is 0 Å². The van der Waals surface area contributed by atoms with Crippen molar-refractivity contribution in [3.63, 3.8) is 0 Å².